The number of hydrogen-bond donors (Lipinski definition) is 2. The molecule has 0 aromatic carbocycles. The van der Waals surface area contributed by atoms with Crippen molar-refractivity contribution in [2.75, 3.05) is 19.8 Å². The molecule has 0 bridgehead atoms. The normalized spacial score (nSPS) is 36.0. The molecule has 2 N–H and O–H groups in total. The fraction of sp³-hybridized carbons (Fsp3) is 1.00. The molecule has 4 atom stereocenters. The molecule has 0 radical (unpaired) electrons. The third kappa shape index (κ3) is 4.32. The number of fused-ring (bicyclic) bond motifs is 1. The second-order valence-corrected chi connectivity index (χ2v) is 9.35. The van der Waals surface area contributed by atoms with Crippen LogP contribution in [0.4, 0.5) is 0 Å². The second kappa shape index (κ2) is 8.03. The molecule has 1 aliphatic carbocycles. The lowest BCUT2D eigenvalue weighted by atomic mass is 9.82. The van der Waals surface area contributed by atoms with Crippen LogP contribution in [0.1, 0.15) is 72.1 Å². The molecule has 2 heterocycles. The largest absolute Gasteiger partial charge is 0.394 e. The predicted molar refractivity (Wildman–Crippen MR) is 97.6 cm³/mol. The molecule has 3 rings (SSSR count). The summed E-state index contributed by atoms with van der Waals surface area (Å²) in [5.41, 5.74) is 0.329. The Morgan fingerprint density at radius 3 is 2.50 bits per heavy atom. The van der Waals surface area contributed by atoms with Gasteiger partial charge < -0.3 is 9.84 Å². The molecular weight excluding hydrogens is 300 g/mol. The van der Waals surface area contributed by atoms with Crippen molar-refractivity contribution in [3.8, 4) is 0 Å². The van der Waals surface area contributed by atoms with E-state index in [4.69, 9.17) is 9.84 Å². The van der Waals surface area contributed by atoms with Crippen LogP contribution in [-0.2, 0) is 4.74 Å². The molecule has 2 saturated heterocycles. The van der Waals surface area contributed by atoms with Gasteiger partial charge in [0.15, 0.2) is 0 Å². The van der Waals surface area contributed by atoms with Crippen molar-refractivity contribution >= 4 is 0 Å². The monoisotopic (exact) mass is 338 g/mol. The van der Waals surface area contributed by atoms with Gasteiger partial charge in [-0.05, 0) is 49.4 Å². The highest BCUT2D eigenvalue weighted by Gasteiger charge is 2.48. The Kier molecular flexibility index (Phi) is 6.23. The molecule has 0 amide bonds. The lowest BCUT2D eigenvalue weighted by Gasteiger charge is -2.43. The third-order valence-electron chi connectivity index (χ3n) is 6.49. The fourth-order valence-electron chi connectivity index (χ4n) is 5.25. The zero-order chi connectivity index (χ0) is 17.2. The summed E-state index contributed by atoms with van der Waals surface area (Å²) in [6, 6.07) is 0.665. The number of nitrogens with one attached hydrogen (secondary N) is 1. The van der Waals surface area contributed by atoms with Crippen LogP contribution in [0.3, 0.4) is 0 Å². The molecule has 0 aromatic heterocycles. The van der Waals surface area contributed by atoms with Crippen LogP contribution in [0.25, 0.3) is 0 Å². The highest BCUT2D eigenvalue weighted by atomic mass is 16.5. The first-order valence-corrected chi connectivity index (χ1v) is 10.2. The molecular formula is C20H38N2O2. The smallest absolute Gasteiger partial charge is 0.109 e. The standard InChI is InChI=1S/C20H38N2O2/c1-20(2,3)17-13-16-9-10-18(24-12-11-23)21-19(16)22(17)14-15-7-5-4-6-8-15/h15-19,21,23H,4-14H2,1-3H3. The topological polar surface area (TPSA) is 44.7 Å². The number of hydrogen-bond acceptors (Lipinski definition) is 4. The van der Waals surface area contributed by atoms with E-state index in [1.54, 1.807) is 0 Å². The lowest BCUT2D eigenvalue weighted by Crippen LogP contribution is -2.56. The molecule has 2 aliphatic heterocycles. The molecule has 0 spiro atoms. The van der Waals surface area contributed by atoms with Gasteiger partial charge in [-0.2, -0.15) is 0 Å². The average Bonchev–Trinajstić information content (AvgIpc) is 2.92. The maximum Gasteiger partial charge on any atom is 0.109 e. The molecule has 4 unspecified atom stereocenters. The maximum atomic E-state index is 9.04. The number of ether oxygens (including phenoxy) is 1. The fourth-order valence-corrected chi connectivity index (χ4v) is 5.25. The zero-order valence-electron chi connectivity index (χ0n) is 16.0. The molecule has 3 fully saturated rings. The molecule has 0 aromatic rings. The van der Waals surface area contributed by atoms with Crippen molar-refractivity contribution in [2.24, 2.45) is 17.3 Å². The molecule has 3 aliphatic rings. The molecule has 140 valence electrons. The number of aliphatic hydroxyl groups excluding tert-OH is 1. The Morgan fingerprint density at radius 2 is 1.83 bits per heavy atom. The molecule has 4 heteroatoms. The van der Waals surface area contributed by atoms with Crippen molar-refractivity contribution in [2.45, 2.75) is 90.6 Å². The number of piperidine rings is 1. The minimum atomic E-state index is 0.114. The number of aliphatic hydroxyl groups is 1. The minimum absolute atomic E-state index is 0.114. The summed E-state index contributed by atoms with van der Waals surface area (Å²) in [6.07, 6.45) is 11.3. The van der Waals surface area contributed by atoms with Crippen molar-refractivity contribution in [1.82, 2.24) is 10.2 Å². The number of rotatable bonds is 5. The van der Waals surface area contributed by atoms with Gasteiger partial charge in [-0.3, -0.25) is 10.2 Å². The van der Waals surface area contributed by atoms with E-state index in [0.717, 1.165) is 18.3 Å². The SMILES string of the molecule is CC(C)(C)C1CC2CCC(OCCO)NC2N1CC1CCCCC1. The van der Waals surface area contributed by atoms with Gasteiger partial charge >= 0.3 is 0 Å². The molecule has 24 heavy (non-hydrogen) atoms. The van der Waals surface area contributed by atoms with E-state index >= 15 is 0 Å². The highest BCUT2D eigenvalue weighted by molar-refractivity contribution is 5.00. The second-order valence-electron chi connectivity index (χ2n) is 9.35. The first-order chi connectivity index (χ1) is 11.5. The lowest BCUT2D eigenvalue weighted by molar-refractivity contribution is -0.0500. The van der Waals surface area contributed by atoms with Gasteiger partial charge in [-0.25, -0.2) is 0 Å². The Hall–Kier alpha value is -0.160. The molecule has 4 nitrogen and oxygen atoms in total. The third-order valence-corrected chi connectivity index (χ3v) is 6.49. The summed E-state index contributed by atoms with van der Waals surface area (Å²) >= 11 is 0. The van der Waals surface area contributed by atoms with Crippen LogP contribution in [0.5, 0.6) is 0 Å². The van der Waals surface area contributed by atoms with E-state index in [-0.39, 0.29) is 12.8 Å². The average molecular weight is 339 g/mol. The van der Waals surface area contributed by atoms with Crippen LogP contribution in [0.2, 0.25) is 0 Å². The Bertz CT molecular complexity index is 390. The zero-order valence-corrected chi connectivity index (χ0v) is 16.0. The Balaban J connectivity index is 1.69. The van der Waals surface area contributed by atoms with Gasteiger partial charge in [0.05, 0.1) is 19.4 Å². The van der Waals surface area contributed by atoms with E-state index in [1.165, 1.54) is 51.5 Å². The quantitative estimate of drug-likeness (QED) is 0.807. The van der Waals surface area contributed by atoms with Crippen molar-refractivity contribution in [3.05, 3.63) is 0 Å². The summed E-state index contributed by atoms with van der Waals surface area (Å²) in [4.78, 5) is 2.80. The van der Waals surface area contributed by atoms with Gasteiger partial charge in [0.2, 0.25) is 0 Å². The predicted octanol–water partition coefficient (Wildman–Crippen LogP) is 3.35. The minimum Gasteiger partial charge on any atom is -0.394 e. The van der Waals surface area contributed by atoms with Crippen molar-refractivity contribution < 1.29 is 9.84 Å². The van der Waals surface area contributed by atoms with Gasteiger partial charge in [-0.15, -0.1) is 0 Å². The Morgan fingerprint density at radius 1 is 1.08 bits per heavy atom. The highest BCUT2D eigenvalue weighted by Crippen LogP contribution is 2.43. The summed E-state index contributed by atoms with van der Waals surface area (Å²) in [6.45, 7) is 9.03. The van der Waals surface area contributed by atoms with E-state index < -0.39 is 0 Å². The van der Waals surface area contributed by atoms with E-state index in [9.17, 15) is 0 Å². The van der Waals surface area contributed by atoms with Crippen LogP contribution in [0, 0.1) is 17.3 Å². The van der Waals surface area contributed by atoms with Gasteiger partial charge in [0.25, 0.3) is 0 Å². The van der Waals surface area contributed by atoms with E-state index in [2.05, 4.69) is 31.0 Å². The first-order valence-electron chi connectivity index (χ1n) is 10.2. The maximum absolute atomic E-state index is 9.04. The van der Waals surface area contributed by atoms with Crippen molar-refractivity contribution in [1.29, 1.82) is 0 Å². The van der Waals surface area contributed by atoms with E-state index in [0.29, 0.717) is 24.2 Å². The molecule has 1 saturated carbocycles. The van der Waals surface area contributed by atoms with Gasteiger partial charge in [0, 0.05) is 12.6 Å². The van der Waals surface area contributed by atoms with Crippen LogP contribution in [0.15, 0.2) is 0 Å². The summed E-state index contributed by atoms with van der Waals surface area (Å²) in [5.74, 6) is 1.63. The van der Waals surface area contributed by atoms with Crippen molar-refractivity contribution in [3.63, 3.8) is 0 Å². The van der Waals surface area contributed by atoms with Crippen LogP contribution >= 0.6 is 0 Å². The summed E-state index contributed by atoms with van der Waals surface area (Å²) in [7, 11) is 0. The van der Waals surface area contributed by atoms with Crippen LogP contribution < -0.4 is 5.32 Å². The van der Waals surface area contributed by atoms with Gasteiger partial charge in [0.1, 0.15) is 6.23 Å². The number of nitrogens with zero attached hydrogens (tertiary/aromatic N) is 1. The van der Waals surface area contributed by atoms with E-state index in [1.807, 2.05) is 0 Å². The first kappa shape index (κ1) is 18.6. The van der Waals surface area contributed by atoms with Gasteiger partial charge in [-0.1, -0.05) is 40.0 Å². The number of likely N-dealkylation sites (tertiary alicyclic amines) is 1. The summed E-state index contributed by atoms with van der Waals surface area (Å²) < 4.78 is 5.81. The summed E-state index contributed by atoms with van der Waals surface area (Å²) in [5, 5.41) is 12.8. The van der Waals surface area contributed by atoms with Crippen LogP contribution in [-0.4, -0.2) is 48.2 Å². The Labute approximate surface area is 148 Å².